The first-order chi connectivity index (χ1) is 29.5. The van der Waals surface area contributed by atoms with E-state index in [2.05, 4.69) is 54.8 Å². The number of hydrogen-bond acceptors (Lipinski definition) is 10. The minimum absolute atomic E-state index is 0.0561. The van der Waals surface area contributed by atoms with Crippen LogP contribution in [0.3, 0.4) is 0 Å². The van der Waals surface area contributed by atoms with Crippen molar-refractivity contribution in [3.05, 3.63) is 109 Å². The molecule has 0 aliphatic heterocycles. The molecule has 0 aromatic rings. The molecular formula is C48H76NO11P. The molecule has 5 N–H and O–H groups in total. The van der Waals surface area contributed by atoms with Crippen molar-refractivity contribution < 1.29 is 52.6 Å². The van der Waals surface area contributed by atoms with E-state index in [1.807, 2.05) is 66.8 Å². The number of ether oxygens (including phenoxy) is 2. The van der Waals surface area contributed by atoms with Crippen molar-refractivity contribution in [3.63, 3.8) is 0 Å². The van der Waals surface area contributed by atoms with Crippen molar-refractivity contribution in [2.24, 2.45) is 5.73 Å². The van der Waals surface area contributed by atoms with Crippen LogP contribution in [0.4, 0.5) is 0 Å². The van der Waals surface area contributed by atoms with Crippen LogP contribution in [0.25, 0.3) is 0 Å². The van der Waals surface area contributed by atoms with Crippen LogP contribution in [0.5, 0.6) is 0 Å². The first-order valence-electron chi connectivity index (χ1n) is 22.0. The molecule has 13 heteroatoms. The average Bonchev–Trinajstić information content (AvgIpc) is 3.23. The third-order valence-electron chi connectivity index (χ3n) is 8.60. The van der Waals surface area contributed by atoms with Gasteiger partial charge in [0.25, 0.3) is 0 Å². The van der Waals surface area contributed by atoms with Crippen molar-refractivity contribution in [1.82, 2.24) is 0 Å². The summed E-state index contributed by atoms with van der Waals surface area (Å²) in [5.74, 6) is -2.61. The maximum atomic E-state index is 12.6. The van der Waals surface area contributed by atoms with E-state index in [1.165, 1.54) is 38.5 Å². The van der Waals surface area contributed by atoms with E-state index in [0.717, 1.165) is 38.5 Å². The number of unbranched alkanes of at least 4 members (excludes halogenated alkanes) is 7. The summed E-state index contributed by atoms with van der Waals surface area (Å²) in [6.07, 6.45) is 50.6. The maximum absolute atomic E-state index is 12.6. The molecule has 2 unspecified atom stereocenters. The zero-order chi connectivity index (χ0) is 45.1. The fourth-order valence-electron chi connectivity index (χ4n) is 5.13. The molecule has 0 aromatic heterocycles. The van der Waals surface area contributed by atoms with Crippen LogP contribution in [0.2, 0.25) is 0 Å². The summed E-state index contributed by atoms with van der Waals surface area (Å²) in [4.78, 5) is 45.9. The van der Waals surface area contributed by atoms with Crippen LogP contribution >= 0.6 is 7.82 Å². The van der Waals surface area contributed by atoms with Crippen molar-refractivity contribution in [1.29, 1.82) is 0 Å². The number of aliphatic carboxylic acids is 1. The zero-order valence-corrected chi connectivity index (χ0v) is 37.7. The average molecular weight is 874 g/mol. The summed E-state index contributed by atoms with van der Waals surface area (Å²) >= 11 is 0. The lowest BCUT2D eigenvalue weighted by Gasteiger charge is -2.20. The Morgan fingerprint density at radius 3 is 1.79 bits per heavy atom. The summed E-state index contributed by atoms with van der Waals surface area (Å²) in [6.45, 7) is 2.46. The van der Waals surface area contributed by atoms with Gasteiger partial charge in [0.1, 0.15) is 12.6 Å². The van der Waals surface area contributed by atoms with E-state index in [1.54, 1.807) is 6.08 Å². The van der Waals surface area contributed by atoms with E-state index >= 15 is 0 Å². The highest BCUT2D eigenvalue weighted by molar-refractivity contribution is 7.47. The highest BCUT2D eigenvalue weighted by atomic mass is 31.2. The minimum atomic E-state index is -4.77. The molecule has 0 saturated carbocycles. The second kappa shape index (κ2) is 41.5. The summed E-state index contributed by atoms with van der Waals surface area (Å²) in [5, 5.41) is 18.9. The standard InChI is InChI=1S/C48H76NO11P/c1-3-5-7-9-11-12-13-14-15-16-17-18-19-24-27-31-35-39-47(52)60-44(41-58-61(55,56)59-42-45(49)48(53)54)40-57-46(51)38-34-30-26-23-21-20-22-25-29-33-37-43(50)36-32-28-10-8-6-4-2/h6,8,14-15,17-18,20-21,24-30,32-33,37,43-45,50H,3-5,7,9-13,16,19,22-23,31,34-36,38-42,49H2,1-2H3,(H,53,54)(H,55,56)/b8-6-,15-14-,18-17-,21-20-,27-24-,29-25-,30-26-,32-28-,37-33+/t43?,44-,45+/m1/s1. The zero-order valence-electron chi connectivity index (χ0n) is 36.8. The molecule has 0 spiro atoms. The first-order valence-corrected chi connectivity index (χ1v) is 23.5. The van der Waals surface area contributed by atoms with Crippen LogP contribution in [-0.2, 0) is 37.5 Å². The number of aliphatic hydroxyl groups excluding tert-OH is 1. The summed E-state index contributed by atoms with van der Waals surface area (Å²) in [7, 11) is -4.77. The molecule has 4 atom stereocenters. The van der Waals surface area contributed by atoms with E-state index in [9.17, 15) is 28.9 Å². The Kier molecular flexibility index (Phi) is 38.8. The number of allylic oxidation sites excluding steroid dienone is 16. The molecule has 0 rings (SSSR count). The van der Waals surface area contributed by atoms with Gasteiger partial charge in [-0.15, -0.1) is 0 Å². The van der Waals surface area contributed by atoms with Gasteiger partial charge in [-0.2, -0.15) is 0 Å². The van der Waals surface area contributed by atoms with Crippen molar-refractivity contribution in [2.45, 2.75) is 154 Å². The van der Waals surface area contributed by atoms with Crippen LogP contribution in [0.1, 0.15) is 136 Å². The van der Waals surface area contributed by atoms with Gasteiger partial charge in [0, 0.05) is 12.8 Å². The predicted molar refractivity (Wildman–Crippen MR) is 246 cm³/mol. The number of nitrogens with two attached hydrogens (primary N) is 1. The monoisotopic (exact) mass is 874 g/mol. The van der Waals surface area contributed by atoms with Crippen LogP contribution in [0, 0.1) is 0 Å². The third kappa shape index (κ3) is 41.2. The number of hydrogen-bond donors (Lipinski definition) is 4. The molecular weight excluding hydrogens is 797 g/mol. The maximum Gasteiger partial charge on any atom is 0.472 e. The third-order valence-corrected chi connectivity index (χ3v) is 9.55. The second-order valence-electron chi connectivity index (χ2n) is 14.3. The molecule has 0 saturated heterocycles. The number of aliphatic hydroxyl groups is 1. The van der Waals surface area contributed by atoms with E-state index in [0.29, 0.717) is 32.1 Å². The van der Waals surface area contributed by atoms with Crippen LogP contribution < -0.4 is 5.73 Å². The molecule has 0 heterocycles. The Balaban J connectivity index is 4.64. The number of carbonyl (C=O) groups is 3. The second-order valence-corrected chi connectivity index (χ2v) is 15.7. The Morgan fingerprint density at radius 1 is 0.607 bits per heavy atom. The molecule has 0 amide bonds. The summed E-state index contributed by atoms with van der Waals surface area (Å²) < 4.78 is 32.5. The lowest BCUT2D eigenvalue weighted by Crippen LogP contribution is -2.34. The predicted octanol–water partition coefficient (Wildman–Crippen LogP) is 10.8. The smallest absolute Gasteiger partial charge is 0.472 e. The minimum Gasteiger partial charge on any atom is -0.480 e. The van der Waals surface area contributed by atoms with Gasteiger partial charge in [-0.3, -0.25) is 23.4 Å². The van der Waals surface area contributed by atoms with E-state index < -0.39 is 63.8 Å². The Labute approximate surface area is 366 Å². The Morgan fingerprint density at radius 2 is 1.15 bits per heavy atom. The normalized spacial score (nSPS) is 15.2. The van der Waals surface area contributed by atoms with E-state index in [-0.39, 0.29) is 12.8 Å². The number of phosphoric ester groups is 1. The fraction of sp³-hybridized carbons (Fsp3) is 0.562. The van der Waals surface area contributed by atoms with Crippen molar-refractivity contribution >= 4 is 25.7 Å². The SMILES string of the molecule is CC/C=C\C/C=C\CC(O)/C=C/C=C\C/C=C\C/C=C\CCC(=O)OC[C@H](COP(=O)(O)OC[C@H](N)C(=O)O)OC(=O)CCC/C=C\C/C=C\C/C=C\CCCCCCCC. The van der Waals surface area contributed by atoms with Gasteiger partial charge in [-0.05, 0) is 77.0 Å². The van der Waals surface area contributed by atoms with Gasteiger partial charge < -0.3 is 30.3 Å². The number of rotatable bonds is 39. The first kappa shape index (κ1) is 57.1. The number of carboxylic acids is 1. The number of esters is 2. The molecule has 0 aliphatic rings. The molecule has 12 nitrogen and oxygen atoms in total. The highest BCUT2D eigenvalue weighted by Crippen LogP contribution is 2.43. The molecule has 0 fully saturated rings. The van der Waals surface area contributed by atoms with Gasteiger partial charge in [0.15, 0.2) is 6.10 Å². The summed E-state index contributed by atoms with van der Waals surface area (Å²) in [5.41, 5.74) is 5.32. The molecule has 0 aromatic carbocycles. The Bertz CT molecular complexity index is 1460. The van der Waals surface area contributed by atoms with Gasteiger partial charge in [0.05, 0.1) is 19.3 Å². The lowest BCUT2D eigenvalue weighted by molar-refractivity contribution is -0.161. The van der Waals surface area contributed by atoms with Crippen LogP contribution in [0.15, 0.2) is 109 Å². The quantitative estimate of drug-likeness (QED) is 0.0150. The number of phosphoric acid groups is 1. The summed E-state index contributed by atoms with van der Waals surface area (Å²) in [6, 6.07) is -1.55. The largest absolute Gasteiger partial charge is 0.480 e. The van der Waals surface area contributed by atoms with Gasteiger partial charge >= 0.3 is 25.7 Å². The van der Waals surface area contributed by atoms with Gasteiger partial charge in [0.2, 0.25) is 0 Å². The fourth-order valence-corrected chi connectivity index (χ4v) is 5.91. The number of carboxylic acid groups (broad SMARTS) is 1. The van der Waals surface area contributed by atoms with Gasteiger partial charge in [-0.25, -0.2) is 4.57 Å². The molecule has 0 radical (unpaired) electrons. The molecule has 0 aliphatic carbocycles. The number of carbonyl (C=O) groups excluding carboxylic acids is 2. The molecule has 61 heavy (non-hydrogen) atoms. The Hall–Kier alpha value is -3.90. The topological polar surface area (TPSA) is 192 Å². The molecule has 0 bridgehead atoms. The highest BCUT2D eigenvalue weighted by Gasteiger charge is 2.28. The van der Waals surface area contributed by atoms with Crippen molar-refractivity contribution in [3.8, 4) is 0 Å². The lowest BCUT2D eigenvalue weighted by atomic mass is 10.1. The van der Waals surface area contributed by atoms with Gasteiger partial charge in [-0.1, -0.05) is 155 Å². The molecule has 344 valence electrons. The van der Waals surface area contributed by atoms with Crippen molar-refractivity contribution in [2.75, 3.05) is 19.8 Å². The van der Waals surface area contributed by atoms with E-state index in [4.69, 9.17) is 24.8 Å². The van der Waals surface area contributed by atoms with Crippen LogP contribution in [-0.4, -0.2) is 71.1 Å².